The number of phenolic OH excluding ortho intramolecular Hbond substituents is 2. The van der Waals surface area contributed by atoms with Gasteiger partial charge in [0.15, 0.2) is 5.43 Å². The van der Waals surface area contributed by atoms with Gasteiger partial charge in [-0.3, -0.25) is 14.6 Å². The van der Waals surface area contributed by atoms with Crippen LogP contribution in [0.3, 0.4) is 0 Å². The van der Waals surface area contributed by atoms with Crippen molar-refractivity contribution < 1.29 is 19.4 Å². The van der Waals surface area contributed by atoms with Crippen molar-refractivity contribution in [2.45, 2.75) is 12.3 Å². The molecule has 1 atom stereocenters. The van der Waals surface area contributed by atoms with Crippen LogP contribution in [0.4, 0.5) is 0 Å². The van der Waals surface area contributed by atoms with E-state index in [0.717, 1.165) is 35.6 Å². The summed E-state index contributed by atoms with van der Waals surface area (Å²) in [4.78, 5) is 35.6. The topological polar surface area (TPSA) is 107 Å². The molecule has 8 heteroatoms. The molecule has 0 aliphatic carbocycles. The van der Waals surface area contributed by atoms with E-state index in [1.165, 1.54) is 6.07 Å². The number of likely N-dealkylation sites (N-methyl/N-ethyl adjacent to an activating group) is 1. The molecule has 0 bridgehead atoms. The smallest absolute Gasteiger partial charge is 0.223 e. The van der Waals surface area contributed by atoms with Gasteiger partial charge in [-0.1, -0.05) is 48.5 Å². The number of aromatic hydroxyl groups is 2. The van der Waals surface area contributed by atoms with Crippen LogP contribution in [0.1, 0.15) is 23.5 Å². The Balaban J connectivity index is 1.59. The fraction of sp³-hybridized carbons (Fsp3) is 0.219. The van der Waals surface area contributed by atoms with E-state index in [0.29, 0.717) is 24.4 Å². The SMILES string of the molecule is CN1CCN(C(=O)C[C@@H](c2ccnc3ccccc23)c2c(O)cc(O)c3c(=O)cc(-c4ccccc4)oc23)CC1. The fourth-order valence-corrected chi connectivity index (χ4v) is 5.55. The third-order valence-electron chi connectivity index (χ3n) is 7.70. The number of para-hydroxylation sites is 1. The summed E-state index contributed by atoms with van der Waals surface area (Å²) in [6.45, 7) is 2.76. The molecule has 3 heterocycles. The van der Waals surface area contributed by atoms with Crippen molar-refractivity contribution in [2.24, 2.45) is 0 Å². The molecule has 1 aliphatic heterocycles. The maximum Gasteiger partial charge on any atom is 0.223 e. The van der Waals surface area contributed by atoms with E-state index < -0.39 is 11.3 Å². The summed E-state index contributed by atoms with van der Waals surface area (Å²) in [7, 11) is 2.03. The van der Waals surface area contributed by atoms with Crippen molar-refractivity contribution in [1.82, 2.24) is 14.8 Å². The van der Waals surface area contributed by atoms with Crippen LogP contribution >= 0.6 is 0 Å². The van der Waals surface area contributed by atoms with Crippen molar-refractivity contribution >= 4 is 27.8 Å². The minimum atomic E-state index is -0.683. The van der Waals surface area contributed by atoms with E-state index in [9.17, 15) is 19.8 Å². The summed E-state index contributed by atoms with van der Waals surface area (Å²) in [6.07, 6.45) is 1.71. The Morgan fingerprint density at radius 2 is 1.68 bits per heavy atom. The Labute approximate surface area is 230 Å². The van der Waals surface area contributed by atoms with E-state index in [1.807, 2.05) is 72.6 Å². The second kappa shape index (κ2) is 10.5. The summed E-state index contributed by atoms with van der Waals surface area (Å²) >= 11 is 0. The van der Waals surface area contributed by atoms with Crippen LogP contribution in [0.5, 0.6) is 11.5 Å². The number of hydrogen-bond acceptors (Lipinski definition) is 7. The lowest BCUT2D eigenvalue weighted by Crippen LogP contribution is -2.47. The van der Waals surface area contributed by atoms with Gasteiger partial charge >= 0.3 is 0 Å². The number of pyridine rings is 1. The largest absolute Gasteiger partial charge is 0.507 e. The molecule has 1 fully saturated rings. The van der Waals surface area contributed by atoms with Crippen LogP contribution in [0.25, 0.3) is 33.2 Å². The quantitative estimate of drug-likeness (QED) is 0.336. The first-order valence-electron chi connectivity index (χ1n) is 13.3. The van der Waals surface area contributed by atoms with E-state index in [4.69, 9.17) is 4.42 Å². The number of hydrogen-bond donors (Lipinski definition) is 2. The number of carbonyl (C=O) groups excluding carboxylic acids is 1. The van der Waals surface area contributed by atoms with Gasteiger partial charge in [0, 0.05) is 73.4 Å². The molecule has 2 N–H and O–H groups in total. The van der Waals surface area contributed by atoms with Crippen LogP contribution < -0.4 is 5.43 Å². The molecule has 40 heavy (non-hydrogen) atoms. The van der Waals surface area contributed by atoms with Crippen LogP contribution in [0.2, 0.25) is 0 Å². The van der Waals surface area contributed by atoms with Crippen LogP contribution in [0, 0.1) is 0 Å². The molecular formula is C32H29N3O5. The summed E-state index contributed by atoms with van der Waals surface area (Å²) in [5.41, 5.74) is 2.08. The predicted octanol–water partition coefficient (Wildman–Crippen LogP) is 4.72. The van der Waals surface area contributed by atoms with Crippen molar-refractivity contribution in [1.29, 1.82) is 0 Å². The zero-order chi connectivity index (χ0) is 27.8. The molecule has 5 aromatic rings. The molecular weight excluding hydrogens is 506 g/mol. The van der Waals surface area contributed by atoms with Gasteiger partial charge in [0.05, 0.1) is 5.52 Å². The van der Waals surface area contributed by atoms with Crippen molar-refractivity contribution in [3.63, 3.8) is 0 Å². The molecule has 1 aliphatic rings. The molecule has 0 unspecified atom stereocenters. The maximum absolute atomic E-state index is 13.7. The molecule has 1 saturated heterocycles. The molecule has 2 aromatic heterocycles. The second-order valence-electron chi connectivity index (χ2n) is 10.2. The number of aromatic nitrogens is 1. The van der Waals surface area contributed by atoms with Crippen LogP contribution in [0.15, 0.2) is 88.2 Å². The summed E-state index contributed by atoms with van der Waals surface area (Å²) in [6, 6.07) is 21.1. The predicted molar refractivity (Wildman–Crippen MR) is 154 cm³/mol. The van der Waals surface area contributed by atoms with Crippen molar-refractivity contribution in [2.75, 3.05) is 33.2 Å². The Morgan fingerprint density at radius 3 is 2.45 bits per heavy atom. The third-order valence-corrected chi connectivity index (χ3v) is 7.70. The Bertz CT molecular complexity index is 1770. The van der Waals surface area contributed by atoms with E-state index >= 15 is 0 Å². The molecule has 1 amide bonds. The highest BCUT2D eigenvalue weighted by Gasteiger charge is 2.31. The third kappa shape index (κ3) is 4.67. The van der Waals surface area contributed by atoms with Gasteiger partial charge < -0.3 is 24.4 Å². The zero-order valence-electron chi connectivity index (χ0n) is 22.1. The van der Waals surface area contributed by atoms with Gasteiger partial charge in [-0.05, 0) is 24.7 Å². The second-order valence-corrected chi connectivity index (χ2v) is 10.2. The molecule has 0 radical (unpaired) electrons. The van der Waals surface area contributed by atoms with Crippen molar-refractivity contribution in [3.8, 4) is 22.8 Å². The minimum Gasteiger partial charge on any atom is -0.507 e. The first-order valence-corrected chi connectivity index (χ1v) is 13.3. The number of carbonyl (C=O) groups is 1. The van der Waals surface area contributed by atoms with Gasteiger partial charge in [0.2, 0.25) is 5.91 Å². The number of amides is 1. The van der Waals surface area contributed by atoms with E-state index in [2.05, 4.69) is 9.88 Å². The lowest BCUT2D eigenvalue weighted by Gasteiger charge is -2.33. The van der Waals surface area contributed by atoms with Gasteiger partial charge in [0.25, 0.3) is 0 Å². The Hall–Kier alpha value is -4.69. The average molecular weight is 536 g/mol. The lowest BCUT2D eigenvalue weighted by molar-refractivity contribution is -0.133. The van der Waals surface area contributed by atoms with Gasteiger partial charge in [0.1, 0.15) is 28.2 Å². The van der Waals surface area contributed by atoms with Gasteiger partial charge in [-0.2, -0.15) is 0 Å². The highest BCUT2D eigenvalue weighted by Crippen LogP contribution is 2.44. The Kier molecular flexibility index (Phi) is 6.69. The zero-order valence-corrected chi connectivity index (χ0v) is 22.1. The molecule has 8 nitrogen and oxygen atoms in total. The first kappa shape index (κ1) is 25.6. The lowest BCUT2D eigenvalue weighted by atomic mass is 9.84. The number of rotatable bonds is 5. The molecule has 0 spiro atoms. The van der Waals surface area contributed by atoms with E-state index in [-0.39, 0.29) is 40.4 Å². The monoisotopic (exact) mass is 535 g/mol. The first-order chi connectivity index (χ1) is 19.4. The number of benzene rings is 3. The standard InChI is InChI=1S/C32H29N3O5/c1-34-13-15-35(16-14-34)29(39)17-23(21-11-12-33-24-10-6-5-9-22(21)24)30-25(36)18-26(37)31-27(38)19-28(40-32(30)31)20-7-3-2-4-8-20/h2-12,18-19,23,36-37H,13-17H2,1H3/t23-/m0/s1. The molecule has 3 aromatic carbocycles. The van der Waals surface area contributed by atoms with Crippen molar-refractivity contribution in [3.05, 3.63) is 100 Å². The molecule has 202 valence electrons. The summed E-state index contributed by atoms with van der Waals surface area (Å²) < 4.78 is 6.31. The molecule has 0 saturated carbocycles. The number of phenols is 2. The maximum atomic E-state index is 13.7. The summed E-state index contributed by atoms with van der Waals surface area (Å²) in [5.74, 6) is -1.09. The number of fused-ring (bicyclic) bond motifs is 2. The minimum absolute atomic E-state index is 0.0322. The van der Waals surface area contributed by atoms with Crippen LogP contribution in [-0.2, 0) is 4.79 Å². The Morgan fingerprint density at radius 1 is 0.950 bits per heavy atom. The normalized spacial score (nSPS) is 15.0. The van der Waals surface area contributed by atoms with Crippen LogP contribution in [-0.4, -0.2) is 64.1 Å². The highest BCUT2D eigenvalue weighted by molar-refractivity contribution is 5.92. The number of nitrogens with zero attached hydrogens (tertiary/aromatic N) is 3. The highest BCUT2D eigenvalue weighted by atomic mass is 16.3. The summed E-state index contributed by atoms with van der Waals surface area (Å²) in [5, 5.41) is 22.9. The molecule has 6 rings (SSSR count). The number of piperazine rings is 1. The van der Waals surface area contributed by atoms with E-state index in [1.54, 1.807) is 6.20 Å². The van der Waals surface area contributed by atoms with Gasteiger partial charge in [-0.25, -0.2) is 0 Å². The fourth-order valence-electron chi connectivity index (χ4n) is 5.55. The average Bonchev–Trinajstić information content (AvgIpc) is 2.96. The van der Waals surface area contributed by atoms with Gasteiger partial charge in [-0.15, -0.1) is 0 Å².